The maximum Gasteiger partial charge on any atom is 0.215 e. The van der Waals surface area contributed by atoms with Crippen molar-refractivity contribution in [1.29, 1.82) is 5.26 Å². The second-order valence-electron chi connectivity index (χ2n) is 5.59. The zero-order chi connectivity index (χ0) is 15.3. The molecule has 0 bridgehead atoms. The van der Waals surface area contributed by atoms with Crippen LogP contribution in [0, 0.1) is 17.2 Å². The number of nitrogens with one attached hydrogen (secondary N) is 1. The maximum absolute atomic E-state index is 12.0. The second kappa shape index (κ2) is 7.03. The second-order valence-corrected chi connectivity index (χ2v) is 7.40. The number of aliphatic hydroxyl groups excluding tert-OH is 1. The van der Waals surface area contributed by atoms with Crippen LogP contribution >= 0.6 is 0 Å². The average molecular weight is 308 g/mol. The van der Waals surface area contributed by atoms with E-state index >= 15 is 0 Å². The monoisotopic (exact) mass is 308 g/mol. The summed E-state index contributed by atoms with van der Waals surface area (Å²) in [6.07, 6.45) is 3.00. The molecule has 0 aliphatic heterocycles. The normalized spacial score (nSPS) is 22.7. The lowest BCUT2D eigenvalue weighted by atomic mass is 9.88. The van der Waals surface area contributed by atoms with Crippen molar-refractivity contribution in [3.05, 3.63) is 35.4 Å². The highest BCUT2D eigenvalue weighted by Gasteiger charge is 2.21. The van der Waals surface area contributed by atoms with Crippen molar-refractivity contribution in [1.82, 2.24) is 4.72 Å². The Kier molecular flexibility index (Phi) is 5.34. The molecule has 2 rings (SSSR count). The van der Waals surface area contributed by atoms with E-state index in [2.05, 4.69) is 4.72 Å². The maximum atomic E-state index is 12.0. The van der Waals surface area contributed by atoms with Gasteiger partial charge >= 0.3 is 0 Å². The Hall–Kier alpha value is -1.42. The molecule has 1 aliphatic carbocycles. The number of nitriles is 1. The van der Waals surface area contributed by atoms with Crippen LogP contribution in [-0.2, 0) is 15.8 Å². The highest BCUT2D eigenvalue weighted by Crippen LogP contribution is 2.23. The van der Waals surface area contributed by atoms with Gasteiger partial charge in [0, 0.05) is 6.54 Å². The van der Waals surface area contributed by atoms with Crippen molar-refractivity contribution in [2.24, 2.45) is 5.92 Å². The fraction of sp³-hybridized carbons (Fsp3) is 0.533. The summed E-state index contributed by atoms with van der Waals surface area (Å²) in [6, 6.07) is 8.56. The topological polar surface area (TPSA) is 90.2 Å². The van der Waals surface area contributed by atoms with E-state index in [9.17, 15) is 13.5 Å². The summed E-state index contributed by atoms with van der Waals surface area (Å²) in [5, 5.41) is 18.1. The van der Waals surface area contributed by atoms with Gasteiger partial charge in [-0.05, 0) is 49.3 Å². The van der Waals surface area contributed by atoms with Gasteiger partial charge in [-0.25, -0.2) is 13.1 Å². The van der Waals surface area contributed by atoms with Gasteiger partial charge in [0.25, 0.3) is 0 Å². The standard InChI is InChI=1S/C15H20N2O3S/c16-9-12-1-3-14(4-2-12)11-21(19,20)17-10-13-5-7-15(18)8-6-13/h1-4,13,15,17-18H,5-8,10-11H2. The molecule has 2 N–H and O–H groups in total. The van der Waals surface area contributed by atoms with E-state index in [-0.39, 0.29) is 11.9 Å². The molecule has 1 fully saturated rings. The fourth-order valence-corrected chi connectivity index (χ4v) is 3.76. The first-order valence-electron chi connectivity index (χ1n) is 7.13. The number of hydrogen-bond donors (Lipinski definition) is 2. The molecular formula is C15H20N2O3S. The largest absolute Gasteiger partial charge is 0.393 e. The summed E-state index contributed by atoms with van der Waals surface area (Å²) in [5.74, 6) is 0.234. The van der Waals surface area contributed by atoms with E-state index in [0.29, 0.717) is 23.6 Å². The minimum atomic E-state index is -3.36. The highest BCUT2D eigenvalue weighted by molar-refractivity contribution is 7.88. The van der Waals surface area contributed by atoms with Crippen molar-refractivity contribution >= 4 is 10.0 Å². The third-order valence-corrected chi connectivity index (χ3v) is 5.17. The molecule has 0 aromatic heterocycles. The molecule has 0 spiro atoms. The fourth-order valence-electron chi connectivity index (χ4n) is 2.54. The summed E-state index contributed by atoms with van der Waals surface area (Å²) in [5.41, 5.74) is 1.19. The van der Waals surface area contributed by atoms with Gasteiger partial charge < -0.3 is 5.11 Å². The first-order chi connectivity index (χ1) is 9.98. The number of hydrogen-bond acceptors (Lipinski definition) is 4. The molecule has 1 saturated carbocycles. The number of rotatable bonds is 5. The molecule has 0 atom stereocenters. The van der Waals surface area contributed by atoms with Gasteiger partial charge in [0.05, 0.1) is 23.5 Å². The van der Waals surface area contributed by atoms with Gasteiger partial charge in [-0.3, -0.25) is 0 Å². The van der Waals surface area contributed by atoms with E-state index in [1.807, 2.05) is 6.07 Å². The van der Waals surface area contributed by atoms with Crippen LogP contribution in [0.3, 0.4) is 0 Å². The van der Waals surface area contributed by atoms with Crippen molar-refractivity contribution in [3.8, 4) is 6.07 Å². The molecule has 0 radical (unpaired) electrons. The van der Waals surface area contributed by atoms with Crippen molar-refractivity contribution in [2.45, 2.75) is 37.5 Å². The van der Waals surface area contributed by atoms with Gasteiger partial charge in [0.1, 0.15) is 0 Å². The van der Waals surface area contributed by atoms with Crippen molar-refractivity contribution < 1.29 is 13.5 Å². The minimum Gasteiger partial charge on any atom is -0.393 e. The summed E-state index contributed by atoms with van der Waals surface area (Å²) in [7, 11) is -3.36. The van der Waals surface area contributed by atoms with Crippen molar-refractivity contribution in [2.75, 3.05) is 6.54 Å². The SMILES string of the molecule is N#Cc1ccc(CS(=O)(=O)NCC2CCC(O)CC2)cc1. The van der Waals surface area contributed by atoms with Gasteiger partial charge in [0.15, 0.2) is 0 Å². The predicted molar refractivity (Wildman–Crippen MR) is 79.7 cm³/mol. The van der Waals surface area contributed by atoms with Crippen LogP contribution in [0.15, 0.2) is 24.3 Å². The zero-order valence-corrected chi connectivity index (χ0v) is 12.6. The van der Waals surface area contributed by atoms with Crippen LogP contribution in [-0.4, -0.2) is 26.2 Å². The molecule has 1 aromatic carbocycles. The lowest BCUT2D eigenvalue weighted by Gasteiger charge is -2.25. The summed E-state index contributed by atoms with van der Waals surface area (Å²) >= 11 is 0. The van der Waals surface area contributed by atoms with Gasteiger partial charge in [-0.15, -0.1) is 0 Å². The van der Waals surface area contributed by atoms with E-state index in [0.717, 1.165) is 25.7 Å². The van der Waals surface area contributed by atoms with Crippen LogP contribution in [0.25, 0.3) is 0 Å². The molecule has 6 heteroatoms. The Morgan fingerprint density at radius 2 is 1.81 bits per heavy atom. The first-order valence-corrected chi connectivity index (χ1v) is 8.78. The summed E-state index contributed by atoms with van der Waals surface area (Å²) in [6.45, 7) is 0.436. The lowest BCUT2D eigenvalue weighted by Crippen LogP contribution is -2.32. The number of nitrogens with zero attached hydrogens (tertiary/aromatic N) is 1. The molecule has 114 valence electrons. The molecule has 5 nitrogen and oxygen atoms in total. The van der Waals surface area contributed by atoms with Crippen LogP contribution in [0.2, 0.25) is 0 Å². The lowest BCUT2D eigenvalue weighted by molar-refractivity contribution is 0.109. The van der Waals surface area contributed by atoms with Crippen LogP contribution in [0.5, 0.6) is 0 Å². The molecule has 1 aromatic rings. The van der Waals surface area contributed by atoms with Gasteiger partial charge in [0.2, 0.25) is 10.0 Å². The molecular weight excluding hydrogens is 288 g/mol. The molecule has 0 saturated heterocycles. The third-order valence-electron chi connectivity index (χ3n) is 3.85. The molecule has 21 heavy (non-hydrogen) atoms. The smallest absolute Gasteiger partial charge is 0.215 e. The van der Waals surface area contributed by atoms with Crippen LogP contribution in [0.1, 0.15) is 36.8 Å². The third kappa shape index (κ3) is 5.12. The Bertz CT molecular complexity index is 597. The number of sulfonamides is 1. The van der Waals surface area contributed by atoms with Crippen LogP contribution in [0.4, 0.5) is 0 Å². The summed E-state index contributed by atoms with van der Waals surface area (Å²) in [4.78, 5) is 0. The number of aliphatic hydroxyl groups is 1. The van der Waals surface area contributed by atoms with E-state index in [1.54, 1.807) is 24.3 Å². The quantitative estimate of drug-likeness (QED) is 0.863. The Labute approximate surface area is 125 Å². The highest BCUT2D eigenvalue weighted by atomic mass is 32.2. The van der Waals surface area contributed by atoms with Gasteiger partial charge in [-0.2, -0.15) is 5.26 Å². The summed E-state index contributed by atoms with van der Waals surface area (Å²) < 4.78 is 26.7. The average Bonchev–Trinajstić information content (AvgIpc) is 2.47. The molecule has 0 unspecified atom stereocenters. The van der Waals surface area contributed by atoms with E-state index in [4.69, 9.17) is 5.26 Å². The first kappa shape index (κ1) is 16.0. The Morgan fingerprint density at radius 3 is 2.38 bits per heavy atom. The van der Waals surface area contributed by atoms with E-state index < -0.39 is 10.0 Å². The van der Waals surface area contributed by atoms with Crippen molar-refractivity contribution in [3.63, 3.8) is 0 Å². The Morgan fingerprint density at radius 1 is 1.19 bits per heavy atom. The zero-order valence-electron chi connectivity index (χ0n) is 11.8. The minimum absolute atomic E-state index is 0.0753. The van der Waals surface area contributed by atoms with Gasteiger partial charge in [-0.1, -0.05) is 12.1 Å². The predicted octanol–water partition coefficient (Wildman–Crippen LogP) is 1.53. The Balaban J connectivity index is 1.85. The molecule has 0 heterocycles. The molecule has 1 aliphatic rings. The van der Waals surface area contributed by atoms with E-state index in [1.165, 1.54) is 0 Å². The molecule has 0 amide bonds. The van der Waals surface area contributed by atoms with Crippen LogP contribution < -0.4 is 4.72 Å². The number of benzene rings is 1.